The summed E-state index contributed by atoms with van der Waals surface area (Å²) in [5.74, 6) is -0.163. The third-order valence-electron chi connectivity index (χ3n) is 2.79. The Balaban J connectivity index is 2.51. The van der Waals surface area contributed by atoms with E-state index in [1.165, 1.54) is 0 Å². The van der Waals surface area contributed by atoms with Gasteiger partial charge in [0.15, 0.2) is 0 Å². The van der Waals surface area contributed by atoms with Crippen molar-refractivity contribution >= 4 is 11.9 Å². The van der Waals surface area contributed by atoms with E-state index < -0.39 is 12.0 Å². The first-order chi connectivity index (χ1) is 9.04. The van der Waals surface area contributed by atoms with Crippen LogP contribution in [0, 0.1) is 0 Å². The fourth-order valence-electron chi connectivity index (χ4n) is 1.63. The molecule has 1 unspecified atom stereocenters. The summed E-state index contributed by atoms with van der Waals surface area (Å²) in [4.78, 5) is 21.3. The third kappa shape index (κ3) is 5.21. The molecule has 0 fully saturated rings. The molecule has 0 amide bonds. The second-order valence-electron chi connectivity index (χ2n) is 4.70. The Hall–Kier alpha value is -1.69. The maximum atomic E-state index is 11.1. The molecular formula is C13H22N4O2. The first kappa shape index (κ1) is 15.4. The van der Waals surface area contributed by atoms with Gasteiger partial charge in [0.2, 0.25) is 5.95 Å². The van der Waals surface area contributed by atoms with Crippen molar-refractivity contribution in [2.24, 2.45) is 0 Å². The van der Waals surface area contributed by atoms with Gasteiger partial charge >= 0.3 is 5.97 Å². The fourth-order valence-corrected chi connectivity index (χ4v) is 1.63. The summed E-state index contributed by atoms with van der Waals surface area (Å²) in [6, 6.07) is -0.506. The van der Waals surface area contributed by atoms with Crippen molar-refractivity contribution in [3.05, 3.63) is 18.0 Å². The lowest BCUT2D eigenvalue weighted by Gasteiger charge is -2.14. The second kappa shape index (κ2) is 7.68. The predicted molar refractivity (Wildman–Crippen MR) is 74.1 cm³/mol. The zero-order chi connectivity index (χ0) is 14.3. The van der Waals surface area contributed by atoms with Crippen LogP contribution in [0.2, 0.25) is 0 Å². The van der Waals surface area contributed by atoms with Crippen LogP contribution in [0.5, 0.6) is 0 Å². The summed E-state index contributed by atoms with van der Waals surface area (Å²) in [7, 11) is 3.75. The summed E-state index contributed by atoms with van der Waals surface area (Å²) < 4.78 is 0. The zero-order valence-corrected chi connectivity index (χ0v) is 11.8. The molecule has 0 aromatic carbocycles. The van der Waals surface area contributed by atoms with Crippen LogP contribution in [0.4, 0.5) is 5.95 Å². The lowest BCUT2D eigenvalue weighted by Crippen LogP contribution is -2.36. The Morgan fingerprint density at radius 1 is 1.42 bits per heavy atom. The largest absolute Gasteiger partial charge is 0.480 e. The maximum absolute atomic E-state index is 11.1. The molecule has 0 aliphatic rings. The van der Waals surface area contributed by atoms with Crippen LogP contribution >= 0.6 is 0 Å². The second-order valence-corrected chi connectivity index (χ2v) is 4.70. The fraction of sp³-hybridized carbons (Fsp3) is 0.615. The van der Waals surface area contributed by atoms with Crippen LogP contribution in [-0.2, 0) is 11.3 Å². The number of carboxylic acid groups (broad SMARTS) is 1. The minimum Gasteiger partial charge on any atom is -0.480 e. The third-order valence-corrected chi connectivity index (χ3v) is 2.79. The summed E-state index contributed by atoms with van der Waals surface area (Å²) in [5.41, 5.74) is 0.883. The van der Waals surface area contributed by atoms with Gasteiger partial charge in [0.25, 0.3) is 0 Å². The highest BCUT2D eigenvalue weighted by Crippen LogP contribution is 2.05. The summed E-state index contributed by atoms with van der Waals surface area (Å²) in [6.07, 6.45) is 5.97. The Morgan fingerprint density at radius 2 is 2.05 bits per heavy atom. The van der Waals surface area contributed by atoms with Crippen molar-refractivity contribution in [3.63, 3.8) is 0 Å². The molecule has 0 saturated carbocycles. The van der Waals surface area contributed by atoms with Gasteiger partial charge in [-0.15, -0.1) is 0 Å². The quantitative estimate of drug-likeness (QED) is 0.738. The van der Waals surface area contributed by atoms with E-state index in [9.17, 15) is 4.79 Å². The molecule has 1 aromatic rings. The number of unbranched alkanes of at least 4 members (excludes halogenated alkanes) is 1. The van der Waals surface area contributed by atoms with Crippen LogP contribution in [0.15, 0.2) is 12.4 Å². The number of hydrogen-bond acceptors (Lipinski definition) is 5. The molecule has 0 aliphatic carbocycles. The lowest BCUT2D eigenvalue weighted by atomic mass is 10.1. The minimum atomic E-state index is -0.806. The van der Waals surface area contributed by atoms with Crippen LogP contribution in [0.25, 0.3) is 0 Å². The molecule has 6 heteroatoms. The van der Waals surface area contributed by atoms with Gasteiger partial charge < -0.3 is 15.3 Å². The minimum absolute atomic E-state index is 0.467. The number of aromatic nitrogens is 2. The van der Waals surface area contributed by atoms with E-state index >= 15 is 0 Å². The van der Waals surface area contributed by atoms with Gasteiger partial charge in [0.05, 0.1) is 0 Å². The average Bonchev–Trinajstić information content (AvgIpc) is 2.39. The van der Waals surface area contributed by atoms with Gasteiger partial charge in [-0.3, -0.25) is 4.79 Å². The number of nitrogens with one attached hydrogen (secondary N) is 1. The average molecular weight is 266 g/mol. The number of nitrogens with zero attached hydrogens (tertiary/aromatic N) is 3. The van der Waals surface area contributed by atoms with Gasteiger partial charge in [0, 0.05) is 38.6 Å². The zero-order valence-electron chi connectivity index (χ0n) is 11.8. The molecule has 19 heavy (non-hydrogen) atoms. The highest BCUT2D eigenvalue weighted by atomic mass is 16.4. The van der Waals surface area contributed by atoms with E-state index in [1.807, 2.05) is 25.9 Å². The Morgan fingerprint density at radius 3 is 2.53 bits per heavy atom. The Kier molecular flexibility index (Phi) is 6.21. The first-order valence-corrected chi connectivity index (χ1v) is 6.49. The summed E-state index contributed by atoms with van der Waals surface area (Å²) >= 11 is 0. The molecule has 0 saturated heterocycles. The standard InChI is InChI=1S/C13H22N4O2/c1-4-5-6-11(12(18)19)14-7-10-8-15-13(16-9-10)17(2)3/h8-9,11,14H,4-7H2,1-3H3,(H,18,19). The molecule has 0 bridgehead atoms. The van der Waals surface area contributed by atoms with E-state index in [4.69, 9.17) is 5.11 Å². The molecule has 0 radical (unpaired) electrons. The van der Waals surface area contributed by atoms with Crippen molar-refractivity contribution in [2.75, 3.05) is 19.0 Å². The monoisotopic (exact) mass is 266 g/mol. The molecule has 0 aliphatic heterocycles. The maximum Gasteiger partial charge on any atom is 0.320 e. The number of anilines is 1. The Bertz CT molecular complexity index is 392. The van der Waals surface area contributed by atoms with Crippen LogP contribution in [0.3, 0.4) is 0 Å². The molecular weight excluding hydrogens is 244 g/mol. The van der Waals surface area contributed by atoms with Crippen LogP contribution in [-0.4, -0.2) is 41.2 Å². The number of hydrogen-bond donors (Lipinski definition) is 2. The van der Waals surface area contributed by atoms with E-state index in [-0.39, 0.29) is 0 Å². The topological polar surface area (TPSA) is 78.4 Å². The van der Waals surface area contributed by atoms with E-state index in [0.29, 0.717) is 18.9 Å². The van der Waals surface area contributed by atoms with Gasteiger partial charge in [0.1, 0.15) is 6.04 Å². The number of carbonyl (C=O) groups is 1. The first-order valence-electron chi connectivity index (χ1n) is 6.49. The molecule has 0 spiro atoms. The van der Waals surface area contributed by atoms with Gasteiger partial charge in [-0.2, -0.15) is 0 Å². The molecule has 1 aromatic heterocycles. The normalized spacial score (nSPS) is 12.2. The summed E-state index contributed by atoms with van der Waals surface area (Å²) in [5, 5.41) is 12.1. The number of carboxylic acids is 1. The van der Waals surface area contributed by atoms with Gasteiger partial charge in [-0.05, 0) is 6.42 Å². The molecule has 1 atom stereocenters. The van der Waals surface area contributed by atoms with Crippen molar-refractivity contribution in [1.82, 2.24) is 15.3 Å². The van der Waals surface area contributed by atoms with Gasteiger partial charge in [-0.1, -0.05) is 19.8 Å². The number of rotatable bonds is 8. The van der Waals surface area contributed by atoms with Crippen molar-refractivity contribution in [2.45, 2.75) is 38.8 Å². The summed E-state index contributed by atoms with van der Waals surface area (Å²) in [6.45, 7) is 2.51. The van der Waals surface area contributed by atoms with Crippen LogP contribution < -0.4 is 10.2 Å². The molecule has 1 rings (SSSR count). The predicted octanol–water partition coefficient (Wildman–Crippen LogP) is 1.28. The molecule has 2 N–H and O–H groups in total. The Labute approximate surface area is 113 Å². The van der Waals surface area contributed by atoms with E-state index in [2.05, 4.69) is 15.3 Å². The van der Waals surface area contributed by atoms with E-state index in [0.717, 1.165) is 18.4 Å². The molecule has 1 heterocycles. The van der Waals surface area contributed by atoms with E-state index in [1.54, 1.807) is 12.4 Å². The van der Waals surface area contributed by atoms with Crippen molar-refractivity contribution < 1.29 is 9.90 Å². The highest BCUT2D eigenvalue weighted by Gasteiger charge is 2.15. The van der Waals surface area contributed by atoms with Crippen LogP contribution in [0.1, 0.15) is 31.7 Å². The smallest absolute Gasteiger partial charge is 0.320 e. The molecule has 6 nitrogen and oxygen atoms in total. The van der Waals surface area contributed by atoms with Crippen molar-refractivity contribution in [3.8, 4) is 0 Å². The lowest BCUT2D eigenvalue weighted by molar-refractivity contribution is -0.139. The SMILES string of the molecule is CCCCC(NCc1cnc(N(C)C)nc1)C(=O)O. The van der Waals surface area contributed by atoms with Gasteiger partial charge in [-0.25, -0.2) is 9.97 Å². The highest BCUT2D eigenvalue weighted by molar-refractivity contribution is 5.73. The molecule has 106 valence electrons. The van der Waals surface area contributed by atoms with Crippen molar-refractivity contribution in [1.29, 1.82) is 0 Å². The number of aliphatic carboxylic acids is 1.